The van der Waals surface area contributed by atoms with Crippen LogP contribution in [0.1, 0.15) is 12.0 Å². The number of rotatable bonds is 7. The third kappa shape index (κ3) is 5.29. The molecule has 1 aromatic carbocycles. The number of pyridine rings is 1. The maximum atomic E-state index is 12.3. The second-order valence-corrected chi connectivity index (χ2v) is 6.29. The number of piperazine rings is 1. The average molecular weight is 338 g/mol. The maximum absolute atomic E-state index is 12.3. The largest absolute Gasteiger partial charge is 0.353 e. The molecule has 1 aromatic heterocycles. The van der Waals surface area contributed by atoms with Crippen molar-refractivity contribution in [2.24, 2.45) is 0 Å². The predicted octanol–water partition coefficient (Wildman–Crippen LogP) is 1.95. The molecule has 0 bridgehead atoms. The molecule has 2 heterocycles. The van der Waals surface area contributed by atoms with E-state index in [2.05, 4.69) is 39.5 Å². The van der Waals surface area contributed by atoms with Crippen molar-refractivity contribution >= 4 is 11.7 Å². The van der Waals surface area contributed by atoms with E-state index < -0.39 is 0 Å². The molecule has 0 radical (unpaired) electrons. The summed E-state index contributed by atoms with van der Waals surface area (Å²) in [5, 5.41) is 3.37. The van der Waals surface area contributed by atoms with Crippen LogP contribution in [0, 0.1) is 0 Å². The smallest absolute Gasteiger partial charge is 0.223 e. The molecule has 2 aromatic rings. The lowest BCUT2D eigenvalue weighted by molar-refractivity contribution is -0.131. The molecule has 0 unspecified atom stereocenters. The minimum absolute atomic E-state index is 0.243. The molecule has 25 heavy (non-hydrogen) atoms. The van der Waals surface area contributed by atoms with Gasteiger partial charge in [0.1, 0.15) is 5.82 Å². The van der Waals surface area contributed by atoms with Crippen molar-refractivity contribution in [2.45, 2.75) is 12.8 Å². The zero-order valence-corrected chi connectivity index (χ0v) is 14.6. The van der Waals surface area contributed by atoms with Crippen molar-refractivity contribution in [3.8, 4) is 0 Å². The molecule has 1 N–H and O–H groups in total. The molecule has 1 saturated heterocycles. The Morgan fingerprint density at radius 1 is 0.960 bits per heavy atom. The topological polar surface area (TPSA) is 48.5 Å². The van der Waals surface area contributed by atoms with Crippen LogP contribution in [0.15, 0.2) is 54.7 Å². The Balaban J connectivity index is 1.31. The number of hydrogen-bond acceptors (Lipinski definition) is 4. The van der Waals surface area contributed by atoms with Crippen LogP contribution in [0.5, 0.6) is 0 Å². The van der Waals surface area contributed by atoms with Crippen molar-refractivity contribution < 1.29 is 4.79 Å². The number of anilines is 1. The molecular formula is C20H26N4O. The van der Waals surface area contributed by atoms with Gasteiger partial charge >= 0.3 is 0 Å². The Bertz CT molecular complexity index is 639. The summed E-state index contributed by atoms with van der Waals surface area (Å²) in [5.41, 5.74) is 1.33. The molecule has 0 atom stereocenters. The van der Waals surface area contributed by atoms with Crippen molar-refractivity contribution in [3.63, 3.8) is 0 Å². The second kappa shape index (κ2) is 9.18. The highest BCUT2D eigenvalue weighted by Gasteiger charge is 2.21. The SMILES string of the molecule is O=C(CCNCCc1ccccc1)N1CCN(c2ccccn2)CC1. The fourth-order valence-electron chi connectivity index (χ4n) is 3.08. The minimum atomic E-state index is 0.243. The number of aromatic nitrogens is 1. The van der Waals surface area contributed by atoms with Crippen molar-refractivity contribution in [1.29, 1.82) is 0 Å². The fraction of sp³-hybridized carbons (Fsp3) is 0.400. The minimum Gasteiger partial charge on any atom is -0.353 e. The van der Waals surface area contributed by atoms with E-state index in [9.17, 15) is 4.79 Å². The van der Waals surface area contributed by atoms with Gasteiger partial charge in [0.15, 0.2) is 0 Å². The van der Waals surface area contributed by atoms with Crippen LogP contribution in [0.3, 0.4) is 0 Å². The van der Waals surface area contributed by atoms with Gasteiger partial charge in [-0.3, -0.25) is 4.79 Å². The van der Waals surface area contributed by atoms with Crippen LogP contribution in [0.2, 0.25) is 0 Å². The maximum Gasteiger partial charge on any atom is 0.223 e. The highest BCUT2D eigenvalue weighted by molar-refractivity contribution is 5.76. The number of hydrogen-bond donors (Lipinski definition) is 1. The zero-order valence-electron chi connectivity index (χ0n) is 14.6. The first-order valence-electron chi connectivity index (χ1n) is 9.01. The first-order chi connectivity index (χ1) is 12.3. The molecule has 1 aliphatic heterocycles. The third-order valence-corrected chi connectivity index (χ3v) is 4.55. The molecule has 5 heteroatoms. The highest BCUT2D eigenvalue weighted by atomic mass is 16.2. The summed E-state index contributed by atoms with van der Waals surface area (Å²) in [7, 11) is 0. The van der Waals surface area contributed by atoms with Crippen molar-refractivity contribution in [3.05, 3.63) is 60.3 Å². The Morgan fingerprint density at radius 3 is 2.44 bits per heavy atom. The van der Waals surface area contributed by atoms with E-state index in [1.54, 1.807) is 0 Å². The average Bonchev–Trinajstić information content (AvgIpc) is 2.69. The normalized spacial score (nSPS) is 14.6. The molecular weight excluding hydrogens is 312 g/mol. The van der Waals surface area contributed by atoms with Crippen LogP contribution in [0.4, 0.5) is 5.82 Å². The van der Waals surface area contributed by atoms with E-state index >= 15 is 0 Å². The van der Waals surface area contributed by atoms with E-state index in [-0.39, 0.29) is 5.91 Å². The molecule has 0 saturated carbocycles. The first kappa shape index (κ1) is 17.4. The van der Waals surface area contributed by atoms with Gasteiger partial charge in [0.2, 0.25) is 5.91 Å². The van der Waals surface area contributed by atoms with E-state index in [0.29, 0.717) is 6.42 Å². The summed E-state index contributed by atoms with van der Waals surface area (Å²) >= 11 is 0. The quantitative estimate of drug-likeness (QED) is 0.784. The Hall–Kier alpha value is -2.40. The van der Waals surface area contributed by atoms with E-state index in [1.165, 1.54) is 5.56 Å². The van der Waals surface area contributed by atoms with Crippen LogP contribution < -0.4 is 10.2 Å². The molecule has 3 rings (SSSR count). The van der Waals surface area contributed by atoms with Crippen molar-refractivity contribution in [2.75, 3.05) is 44.2 Å². The van der Waals surface area contributed by atoms with Gasteiger partial charge < -0.3 is 15.1 Å². The zero-order chi connectivity index (χ0) is 17.3. The van der Waals surface area contributed by atoms with Gasteiger partial charge in [-0.05, 0) is 30.7 Å². The number of nitrogens with one attached hydrogen (secondary N) is 1. The van der Waals surface area contributed by atoms with Crippen LogP contribution in [-0.2, 0) is 11.2 Å². The van der Waals surface area contributed by atoms with E-state index in [4.69, 9.17) is 0 Å². The molecule has 132 valence electrons. The molecule has 5 nitrogen and oxygen atoms in total. The molecule has 1 aliphatic rings. The molecule has 1 fully saturated rings. The first-order valence-corrected chi connectivity index (χ1v) is 9.01. The third-order valence-electron chi connectivity index (χ3n) is 4.55. The predicted molar refractivity (Wildman–Crippen MR) is 101 cm³/mol. The van der Waals surface area contributed by atoms with Gasteiger partial charge in [-0.1, -0.05) is 36.4 Å². The lowest BCUT2D eigenvalue weighted by Gasteiger charge is -2.35. The number of carbonyl (C=O) groups is 1. The van der Waals surface area contributed by atoms with Gasteiger partial charge in [0.25, 0.3) is 0 Å². The Kier molecular flexibility index (Phi) is 6.40. The lowest BCUT2D eigenvalue weighted by atomic mass is 10.1. The number of carbonyl (C=O) groups excluding carboxylic acids is 1. The second-order valence-electron chi connectivity index (χ2n) is 6.29. The highest BCUT2D eigenvalue weighted by Crippen LogP contribution is 2.12. The molecule has 0 spiro atoms. The van der Waals surface area contributed by atoms with Crippen LogP contribution >= 0.6 is 0 Å². The standard InChI is InChI=1S/C20H26N4O/c25-20(10-13-21-12-9-18-6-2-1-3-7-18)24-16-14-23(15-17-24)19-8-4-5-11-22-19/h1-8,11,21H,9-10,12-17H2. The molecule has 1 amide bonds. The number of nitrogens with zero attached hydrogens (tertiary/aromatic N) is 3. The number of benzene rings is 1. The van der Waals surface area contributed by atoms with Crippen molar-refractivity contribution in [1.82, 2.24) is 15.2 Å². The van der Waals surface area contributed by atoms with Crippen LogP contribution in [0.25, 0.3) is 0 Å². The van der Waals surface area contributed by atoms with Gasteiger partial charge in [0, 0.05) is 45.3 Å². The van der Waals surface area contributed by atoms with Gasteiger partial charge in [0.05, 0.1) is 0 Å². The van der Waals surface area contributed by atoms with Gasteiger partial charge in [-0.25, -0.2) is 4.98 Å². The Labute approximate surface area is 149 Å². The monoisotopic (exact) mass is 338 g/mol. The summed E-state index contributed by atoms with van der Waals surface area (Å²) in [4.78, 5) is 20.9. The summed E-state index contributed by atoms with van der Waals surface area (Å²) in [6, 6.07) is 16.4. The van der Waals surface area contributed by atoms with Gasteiger partial charge in [-0.15, -0.1) is 0 Å². The van der Waals surface area contributed by atoms with E-state index in [0.717, 1.165) is 51.5 Å². The van der Waals surface area contributed by atoms with E-state index in [1.807, 2.05) is 35.4 Å². The summed E-state index contributed by atoms with van der Waals surface area (Å²) < 4.78 is 0. The number of amides is 1. The summed E-state index contributed by atoms with van der Waals surface area (Å²) in [6.45, 7) is 4.91. The summed E-state index contributed by atoms with van der Waals surface area (Å²) in [5.74, 6) is 1.24. The molecule has 0 aliphatic carbocycles. The summed E-state index contributed by atoms with van der Waals surface area (Å²) in [6.07, 6.45) is 3.38. The fourth-order valence-corrected chi connectivity index (χ4v) is 3.08. The lowest BCUT2D eigenvalue weighted by Crippen LogP contribution is -2.49. The van der Waals surface area contributed by atoms with Crippen LogP contribution in [-0.4, -0.2) is 55.1 Å². The Morgan fingerprint density at radius 2 is 1.72 bits per heavy atom. The van der Waals surface area contributed by atoms with Gasteiger partial charge in [-0.2, -0.15) is 0 Å².